The number of hydrogen-bond acceptors (Lipinski definition) is 8. The standard InChI is InChI=1S/C37H57N7O5/c1-5-10-28(31(45)35(48)41-26-15-16-26)40-20-27-19-24-13-9-14-25(24)22-44(27)36(49)32(37(2,3)4)43-34(47)30(23-11-7-6-8-12-23)42-33(46)29-21-38-17-18-39-29/h17-18,21,23-28,30,32,40H,5-16,19-20,22H2,1-4H3,(H,41,48)(H,42,46)(H,43,47)/t24?,25?,27?,28-,30-,32?/m0/s1. The molecule has 0 spiro atoms. The Labute approximate surface area is 291 Å². The molecule has 1 aromatic heterocycles. The third-order valence-electron chi connectivity index (χ3n) is 11.1. The molecule has 270 valence electrons. The molecule has 4 amide bonds. The summed E-state index contributed by atoms with van der Waals surface area (Å²) in [5.74, 6) is -1.10. The molecule has 6 atom stereocenters. The molecule has 12 nitrogen and oxygen atoms in total. The van der Waals surface area contributed by atoms with Gasteiger partial charge in [-0.25, -0.2) is 4.98 Å². The Morgan fingerprint density at radius 3 is 2.31 bits per heavy atom. The molecule has 49 heavy (non-hydrogen) atoms. The molecule has 4 fully saturated rings. The molecule has 4 aliphatic rings. The van der Waals surface area contributed by atoms with Crippen molar-refractivity contribution in [1.29, 1.82) is 0 Å². The Morgan fingerprint density at radius 2 is 1.65 bits per heavy atom. The van der Waals surface area contributed by atoms with E-state index in [4.69, 9.17) is 0 Å². The summed E-state index contributed by atoms with van der Waals surface area (Å²) < 4.78 is 0. The number of nitrogens with zero attached hydrogens (tertiary/aromatic N) is 3. The molecule has 1 aromatic rings. The Hall–Kier alpha value is -3.41. The van der Waals surface area contributed by atoms with Crippen molar-refractivity contribution in [3.8, 4) is 0 Å². The molecule has 1 saturated heterocycles. The topological polar surface area (TPSA) is 162 Å². The fraction of sp³-hybridized carbons (Fsp3) is 0.757. The number of amides is 4. The number of fused-ring (bicyclic) bond motifs is 1. The van der Waals surface area contributed by atoms with Gasteiger partial charge in [-0.2, -0.15) is 0 Å². The lowest BCUT2D eigenvalue weighted by molar-refractivity contribution is -0.145. The largest absolute Gasteiger partial charge is 0.347 e. The first kappa shape index (κ1) is 36.9. The highest BCUT2D eigenvalue weighted by molar-refractivity contribution is 6.38. The summed E-state index contributed by atoms with van der Waals surface area (Å²) in [5.41, 5.74) is -0.482. The SMILES string of the molecule is CCC[C@H](NCC1CC2CCCC2CN1C(=O)C(NC(=O)[C@@H](NC(=O)c1cnccn1)C1CCCCC1)C(C)(C)C)C(=O)C(=O)NC1CC1. The Bertz CT molecular complexity index is 1320. The number of Topliss-reactive ketones (excluding diaryl/α,β-unsaturated/α-hetero) is 1. The fourth-order valence-electron chi connectivity index (χ4n) is 8.08. The predicted molar refractivity (Wildman–Crippen MR) is 185 cm³/mol. The van der Waals surface area contributed by atoms with Crippen LogP contribution in [0.4, 0.5) is 0 Å². The number of carbonyl (C=O) groups excluding carboxylic acids is 5. The van der Waals surface area contributed by atoms with E-state index in [2.05, 4.69) is 31.2 Å². The van der Waals surface area contributed by atoms with Gasteiger partial charge in [-0.15, -0.1) is 0 Å². The fourth-order valence-corrected chi connectivity index (χ4v) is 8.08. The lowest BCUT2D eigenvalue weighted by Crippen LogP contribution is -2.63. The van der Waals surface area contributed by atoms with Crippen LogP contribution in [0.15, 0.2) is 18.6 Å². The number of rotatable bonds is 14. The monoisotopic (exact) mass is 679 g/mol. The van der Waals surface area contributed by atoms with Gasteiger partial charge in [0.05, 0.1) is 12.2 Å². The van der Waals surface area contributed by atoms with Gasteiger partial charge in [-0.1, -0.05) is 66.2 Å². The zero-order valence-corrected chi connectivity index (χ0v) is 29.8. The second-order valence-corrected chi connectivity index (χ2v) is 15.9. The molecule has 2 heterocycles. The Kier molecular flexibility index (Phi) is 12.4. The van der Waals surface area contributed by atoms with E-state index >= 15 is 0 Å². The van der Waals surface area contributed by atoms with E-state index in [1.165, 1.54) is 18.6 Å². The summed E-state index contributed by atoms with van der Waals surface area (Å²) in [4.78, 5) is 78.0. The lowest BCUT2D eigenvalue weighted by Gasteiger charge is -2.45. The van der Waals surface area contributed by atoms with Crippen LogP contribution in [0, 0.1) is 23.2 Å². The third kappa shape index (κ3) is 9.64. The number of piperidine rings is 1. The van der Waals surface area contributed by atoms with E-state index in [-0.39, 0.29) is 35.5 Å². The number of hydrogen-bond donors (Lipinski definition) is 4. The summed E-state index contributed by atoms with van der Waals surface area (Å²) in [6, 6.07) is -2.34. The molecule has 1 aliphatic heterocycles. The van der Waals surface area contributed by atoms with E-state index in [0.717, 1.165) is 77.0 Å². The minimum Gasteiger partial charge on any atom is -0.347 e. The number of aromatic nitrogens is 2. The highest BCUT2D eigenvalue weighted by Crippen LogP contribution is 2.41. The summed E-state index contributed by atoms with van der Waals surface area (Å²) in [6.07, 6.45) is 16.2. The maximum Gasteiger partial charge on any atom is 0.289 e. The zero-order chi connectivity index (χ0) is 35.1. The van der Waals surface area contributed by atoms with Crippen LogP contribution in [0.25, 0.3) is 0 Å². The van der Waals surface area contributed by atoms with Gasteiger partial charge in [0.1, 0.15) is 17.8 Å². The highest BCUT2D eigenvalue weighted by atomic mass is 16.2. The van der Waals surface area contributed by atoms with Gasteiger partial charge in [0.25, 0.3) is 11.8 Å². The van der Waals surface area contributed by atoms with Crippen LogP contribution >= 0.6 is 0 Å². The first-order valence-corrected chi connectivity index (χ1v) is 18.7. The van der Waals surface area contributed by atoms with Crippen LogP contribution in [0.5, 0.6) is 0 Å². The minimum atomic E-state index is -0.836. The molecule has 5 rings (SSSR count). The molecule has 3 aliphatic carbocycles. The van der Waals surface area contributed by atoms with Crippen LogP contribution in [-0.4, -0.2) is 87.6 Å². The molecular weight excluding hydrogens is 622 g/mol. The van der Waals surface area contributed by atoms with Crippen molar-refractivity contribution in [2.75, 3.05) is 13.1 Å². The molecule has 0 bridgehead atoms. The average Bonchev–Trinajstić information content (AvgIpc) is 3.79. The molecule has 4 unspecified atom stereocenters. The quantitative estimate of drug-likeness (QED) is 0.218. The minimum absolute atomic E-state index is 0.0542. The zero-order valence-electron chi connectivity index (χ0n) is 29.8. The van der Waals surface area contributed by atoms with E-state index in [1.54, 1.807) is 0 Å². The van der Waals surface area contributed by atoms with Crippen molar-refractivity contribution >= 4 is 29.4 Å². The smallest absolute Gasteiger partial charge is 0.289 e. The predicted octanol–water partition coefficient (Wildman–Crippen LogP) is 3.31. The molecule has 4 N–H and O–H groups in total. The van der Waals surface area contributed by atoms with E-state index in [0.29, 0.717) is 31.3 Å². The second kappa shape index (κ2) is 16.5. The van der Waals surface area contributed by atoms with E-state index < -0.39 is 41.1 Å². The van der Waals surface area contributed by atoms with Crippen molar-refractivity contribution < 1.29 is 24.0 Å². The number of carbonyl (C=O) groups is 5. The Balaban J connectivity index is 1.33. The molecule has 12 heteroatoms. The summed E-state index contributed by atoms with van der Waals surface area (Å²) in [6.45, 7) is 8.84. The average molecular weight is 680 g/mol. The number of ketones is 1. The van der Waals surface area contributed by atoms with E-state index in [1.807, 2.05) is 32.6 Å². The summed E-state index contributed by atoms with van der Waals surface area (Å²) in [7, 11) is 0. The van der Waals surface area contributed by atoms with E-state index in [9.17, 15) is 24.0 Å². The number of nitrogens with one attached hydrogen (secondary N) is 4. The summed E-state index contributed by atoms with van der Waals surface area (Å²) in [5, 5.41) is 12.3. The van der Waals surface area contributed by atoms with Crippen molar-refractivity contribution in [2.45, 2.75) is 141 Å². The normalized spacial score (nSPS) is 24.7. The van der Waals surface area contributed by atoms with Crippen molar-refractivity contribution in [3.05, 3.63) is 24.3 Å². The van der Waals surface area contributed by atoms with Gasteiger partial charge in [0.15, 0.2) is 0 Å². The number of likely N-dealkylation sites (tertiary alicyclic amines) is 1. The second-order valence-electron chi connectivity index (χ2n) is 15.9. The van der Waals surface area contributed by atoms with Crippen LogP contribution in [0.2, 0.25) is 0 Å². The molecule has 3 saturated carbocycles. The maximum atomic E-state index is 14.7. The van der Waals surface area contributed by atoms with Gasteiger partial charge >= 0.3 is 0 Å². The summed E-state index contributed by atoms with van der Waals surface area (Å²) >= 11 is 0. The van der Waals surface area contributed by atoms with Gasteiger partial charge in [-0.05, 0) is 68.1 Å². The van der Waals surface area contributed by atoms with Crippen LogP contribution in [0.3, 0.4) is 0 Å². The van der Waals surface area contributed by atoms with Gasteiger partial charge in [-0.3, -0.25) is 29.0 Å². The highest BCUT2D eigenvalue weighted by Gasteiger charge is 2.45. The maximum absolute atomic E-state index is 14.7. The first-order chi connectivity index (χ1) is 23.5. The third-order valence-corrected chi connectivity index (χ3v) is 11.1. The molecular formula is C37H57N7O5. The van der Waals surface area contributed by atoms with Crippen molar-refractivity contribution in [2.24, 2.45) is 23.2 Å². The molecule has 0 radical (unpaired) electrons. The van der Waals surface area contributed by atoms with Crippen LogP contribution in [-0.2, 0) is 19.2 Å². The van der Waals surface area contributed by atoms with Gasteiger partial charge < -0.3 is 26.2 Å². The Morgan fingerprint density at radius 1 is 0.918 bits per heavy atom. The van der Waals surface area contributed by atoms with Crippen LogP contribution in [0.1, 0.15) is 122 Å². The van der Waals surface area contributed by atoms with Crippen LogP contribution < -0.4 is 21.3 Å². The first-order valence-electron chi connectivity index (χ1n) is 18.7. The van der Waals surface area contributed by atoms with Crippen molar-refractivity contribution in [1.82, 2.24) is 36.1 Å². The molecule has 0 aromatic carbocycles. The van der Waals surface area contributed by atoms with Crippen molar-refractivity contribution in [3.63, 3.8) is 0 Å². The van der Waals surface area contributed by atoms with Gasteiger partial charge in [0.2, 0.25) is 17.6 Å². The lowest BCUT2D eigenvalue weighted by atomic mass is 9.80. The van der Waals surface area contributed by atoms with Gasteiger partial charge in [0, 0.05) is 37.6 Å².